The van der Waals surface area contributed by atoms with Crippen molar-refractivity contribution in [1.29, 1.82) is 0 Å². The van der Waals surface area contributed by atoms with Crippen molar-refractivity contribution in [1.82, 2.24) is 9.97 Å². The molecule has 186 valence electrons. The Balaban J connectivity index is 1.83. The molecule has 1 aliphatic heterocycles. The second-order valence-corrected chi connectivity index (χ2v) is 11.4. The van der Waals surface area contributed by atoms with Gasteiger partial charge in [0.1, 0.15) is 0 Å². The SMILES string of the molecule is CCOc1cc(Cc2cnc(N)nc2N)cc(OS(=O)(=O)C2CCOCC2)c1-c1cccc([AsH2])c1. The number of benzene rings is 2. The molecule has 2 heterocycles. The molecule has 0 aliphatic carbocycles. The molecule has 4 rings (SSSR count). The summed E-state index contributed by atoms with van der Waals surface area (Å²) in [5, 5.41) is -0.634. The maximum atomic E-state index is 13.3. The van der Waals surface area contributed by atoms with Gasteiger partial charge in [0.15, 0.2) is 0 Å². The first-order chi connectivity index (χ1) is 16.8. The summed E-state index contributed by atoms with van der Waals surface area (Å²) in [5.74, 6) is 1.09. The molecule has 1 aliphatic rings. The molecule has 1 fully saturated rings. The average Bonchev–Trinajstić information content (AvgIpc) is 2.81. The summed E-state index contributed by atoms with van der Waals surface area (Å²) in [4.78, 5) is 8.05. The third kappa shape index (κ3) is 6.07. The quantitative estimate of drug-likeness (QED) is 0.310. The molecule has 1 aromatic heterocycles. The second kappa shape index (κ2) is 10.8. The molecule has 0 bridgehead atoms. The van der Waals surface area contributed by atoms with E-state index in [4.69, 9.17) is 25.1 Å². The number of ether oxygens (including phenoxy) is 2. The van der Waals surface area contributed by atoms with Crippen LogP contribution in [0.5, 0.6) is 11.5 Å². The summed E-state index contributed by atoms with van der Waals surface area (Å²) in [6.45, 7) is 3.05. The molecule has 0 saturated carbocycles. The molecular weight excluding hydrogens is 531 g/mol. The van der Waals surface area contributed by atoms with Crippen LogP contribution in [0.1, 0.15) is 30.9 Å². The van der Waals surface area contributed by atoms with Crippen molar-refractivity contribution in [3.63, 3.8) is 0 Å². The maximum absolute atomic E-state index is 13.3. The van der Waals surface area contributed by atoms with E-state index >= 15 is 0 Å². The molecule has 2 aromatic carbocycles. The number of nitrogen functional groups attached to an aromatic ring is 2. The molecular formula is C24H29AsN4O5S. The zero-order chi connectivity index (χ0) is 25.0. The van der Waals surface area contributed by atoms with Gasteiger partial charge in [0.05, 0.1) is 0 Å². The molecule has 0 radical (unpaired) electrons. The van der Waals surface area contributed by atoms with Crippen LogP contribution in [0.15, 0.2) is 42.6 Å². The first-order valence-electron chi connectivity index (χ1n) is 11.3. The Kier molecular flexibility index (Phi) is 7.84. The van der Waals surface area contributed by atoms with Gasteiger partial charge in [-0.3, -0.25) is 0 Å². The summed E-state index contributed by atoms with van der Waals surface area (Å²) in [5.41, 5.74) is 14.5. The second-order valence-electron chi connectivity index (χ2n) is 8.23. The van der Waals surface area contributed by atoms with Crippen LogP contribution in [0, 0.1) is 0 Å². The van der Waals surface area contributed by atoms with E-state index < -0.39 is 15.4 Å². The Morgan fingerprint density at radius 2 is 1.89 bits per heavy atom. The monoisotopic (exact) mass is 560 g/mol. The zero-order valence-electron chi connectivity index (χ0n) is 19.4. The molecule has 1 saturated heterocycles. The topological polar surface area (TPSA) is 140 Å². The van der Waals surface area contributed by atoms with Crippen LogP contribution in [-0.2, 0) is 21.3 Å². The standard InChI is InChI=1S/C24H29AsN4O5S/c1-2-33-20-11-15(10-17-14-28-24(27)29-23(17)26)12-21(22(20)16-4-3-5-18(25)13-16)34-35(30,31)19-6-8-32-9-7-19/h3-5,11-14,19H,2,6-10,25H2,1H3,(H4,26,27,28,29). The summed E-state index contributed by atoms with van der Waals surface area (Å²) in [6, 6.07) is 11.4. The van der Waals surface area contributed by atoms with Crippen LogP contribution in [0.2, 0.25) is 0 Å². The van der Waals surface area contributed by atoms with E-state index in [1.807, 2.05) is 37.3 Å². The number of aromatic nitrogens is 2. The normalized spacial score (nSPS) is 14.6. The van der Waals surface area contributed by atoms with Crippen LogP contribution >= 0.6 is 0 Å². The summed E-state index contributed by atoms with van der Waals surface area (Å²) < 4.78 is 44.8. The Labute approximate surface area is 213 Å². The molecule has 11 heteroatoms. The molecule has 0 amide bonds. The van der Waals surface area contributed by atoms with E-state index in [0.29, 0.717) is 56.0 Å². The van der Waals surface area contributed by atoms with Crippen molar-refractivity contribution in [3.8, 4) is 22.6 Å². The van der Waals surface area contributed by atoms with Crippen LogP contribution in [0.4, 0.5) is 11.8 Å². The number of nitrogens with zero attached hydrogens (tertiary/aromatic N) is 2. The number of hydrogen-bond acceptors (Lipinski definition) is 9. The van der Waals surface area contributed by atoms with E-state index in [9.17, 15) is 8.42 Å². The van der Waals surface area contributed by atoms with Gasteiger partial charge in [-0.2, -0.15) is 0 Å². The predicted octanol–water partition coefficient (Wildman–Crippen LogP) is 1.44. The number of hydrogen-bond donors (Lipinski definition) is 2. The van der Waals surface area contributed by atoms with Crippen LogP contribution < -0.4 is 24.7 Å². The summed E-state index contributed by atoms with van der Waals surface area (Å²) >= 11 is 1.47. The van der Waals surface area contributed by atoms with E-state index in [1.165, 1.54) is 16.9 Å². The van der Waals surface area contributed by atoms with Gasteiger partial charge in [-0.1, -0.05) is 0 Å². The number of rotatable bonds is 8. The van der Waals surface area contributed by atoms with Crippen LogP contribution in [-0.4, -0.2) is 60.3 Å². The Bertz CT molecular complexity index is 1310. The fraction of sp³-hybridized carbons (Fsp3) is 0.333. The molecule has 9 nitrogen and oxygen atoms in total. The van der Waals surface area contributed by atoms with Crippen molar-refractivity contribution in [2.75, 3.05) is 31.3 Å². The van der Waals surface area contributed by atoms with Crippen molar-refractivity contribution in [3.05, 3.63) is 53.7 Å². The van der Waals surface area contributed by atoms with Gasteiger partial charge in [-0.05, 0) is 0 Å². The van der Waals surface area contributed by atoms with E-state index in [0.717, 1.165) is 15.5 Å². The van der Waals surface area contributed by atoms with E-state index in [2.05, 4.69) is 9.97 Å². The third-order valence-corrected chi connectivity index (χ3v) is 8.15. The average molecular weight is 561 g/mol. The molecule has 1 atom stereocenters. The van der Waals surface area contributed by atoms with Crippen LogP contribution in [0.3, 0.4) is 0 Å². The number of anilines is 2. The Morgan fingerprint density at radius 1 is 1.14 bits per heavy atom. The van der Waals surface area contributed by atoms with E-state index in [1.54, 1.807) is 12.3 Å². The molecule has 0 spiro atoms. The minimum atomic E-state index is -3.91. The van der Waals surface area contributed by atoms with Crippen molar-refractivity contribution in [2.24, 2.45) is 0 Å². The minimum absolute atomic E-state index is 0.0872. The van der Waals surface area contributed by atoms with Crippen molar-refractivity contribution >= 4 is 43.1 Å². The van der Waals surface area contributed by atoms with Gasteiger partial charge >= 0.3 is 208 Å². The van der Waals surface area contributed by atoms with Gasteiger partial charge in [-0.15, -0.1) is 0 Å². The number of nitrogens with two attached hydrogens (primary N) is 2. The fourth-order valence-electron chi connectivity index (χ4n) is 4.01. The zero-order valence-corrected chi connectivity index (χ0v) is 22.7. The Hall–Kier alpha value is -2.81. The first kappa shape index (κ1) is 25.3. The molecule has 4 N–H and O–H groups in total. The first-order valence-corrected chi connectivity index (χ1v) is 14.0. The van der Waals surface area contributed by atoms with Gasteiger partial charge < -0.3 is 5.73 Å². The van der Waals surface area contributed by atoms with Gasteiger partial charge in [0.25, 0.3) is 0 Å². The molecule has 35 heavy (non-hydrogen) atoms. The van der Waals surface area contributed by atoms with Crippen molar-refractivity contribution in [2.45, 2.75) is 31.4 Å². The third-order valence-electron chi connectivity index (χ3n) is 5.69. The van der Waals surface area contributed by atoms with Crippen LogP contribution in [0.25, 0.3) is 11.1 Å². The predicted molar refractivity (Wildman–Crippen MR) is 138 cm³/mol. The van der Waals surface area contributed by atoms with Gasteiger partial charge in [-0.25, -0.2) is 0 Å². The Morgan fingerprint density at radius 3 is 2.57 bits per heavy atom. The van der Waals surface area contributed by atoms with E-state index in [-0.39, 0.29) is 17.5 Å². The fourth-order valence-corrected chi connectivity index (χ4v) is 5.91. The summed E-state index contributed by atoms with van der Waals surface area (Å²) in [6.07, 6.45) is 2.69. The molecule has 3 aromatic rings. The van der Waals surface area contributed by atoms with Crippen molar-refractivity contribution < 1.29 is 22.1 Å². The summed E-state index contributed by atoms with van der Waals surface area (Å²) in [7, 11) is -3.91. The molecule has 1 unspecified atom stereocenters. The van der Waals surface area contributed by atoms with Gasteiger partial charge in [0.2, 0.25) is 0 Å². The van der Waals surface area contributed by atoms with Gasteiger partial charge in [0, 0.05) is 0 Å².